The second kappa shape index (κ2) is 8.31. The van der Waals surface area contributed by atoms with E-state index in [-0.39, 0.29) is 11.3 Å². The molecule has 1 unspecified atom stereocenters. The smallest absolute Gasteiger partial charge is 0.220 e. The summed E-state index contributed by atoms with van der Waals surface area (Å²) in [6.45, 7) is 6.06. The average Bonchev–Trinajstić information content (AvgIpc) is 3.10. The second-order valence-electron chi connectivity index (χ2n) is 8.12. The third kappa shape index (κ3) is 4.02. The minimum Gasteiger partial charge on any atom is -0.496 e. The molecule has 6 nitrogen and oxygen atoms in total. The Morgan fingerprint density at radius 1 is 1.31 bits per heavy atom. The van der Waals surface area contributed by atoms with E-state index in [1.807, 2.05) is 6.07 Å². The number of guanidine groups is 1. The number of hydrogen-bond donors (Lipinski definition) is 2. The zero-order valence-electron chi connectivity index (χ0n) is 17.3. The summed E-state index contributed by atoms with van der Waals surface area (Å²) in [5.74, 6) is 1.96. The Labute approximate surface area is 172 Å². The molecular weight excluding hydrogens is 364 g/mol. The number of carbonyl (C=O) groups excluding carboxylic acids is 1. The Hall–Kier alpha value is -2.76. The highest BCUT2D eigenvalue weighted by Gasteiger charge is 2.42. The highest BCUT2D eigenvalue weighted by Crippen LogP contribution is 2.36. The maximum Gasteiger partial charge on any atom is 0.220 e. The summed E-state index contributed by atoms with van der Waals surface area (Å²) in [7, 11) is 1.71. The monoisotopic (exact) mass is 394 g/mol. The van der Waals surface area contributed by atoms with Gasteiger partial charge in [-0.05, 0) is 36.6 Å². The van der Waals surface area contributed by atoms with Gasteiger partial charge < -0.3 is 20.3 Å². The van der Waals surface area contributed by atoms with Crippen LogP contribution in [-0.4, -0.2) is 50.1 Å². The van der Waals surface area contributed by atoms with Gasteiger partial charge in [0.1, 0.15) is 5.75 Å². The molecule has 154 valence electrons. The van der Waals surface area contributed by atoms with Crippen LogP contribution in [0.1, 0.15) is 31.7 Å². The van der Waals surface area contributed by atoms with Gasteiger partial charge in [0.05, 0.1) is 13.7 Å². The summed E-state index contributed by atoms with van der Waals surface area (Å²) in [5, 5.41) is 8.84. The van der Waals surface area contributed by atoms with E-state index in [2.05, 4.69) is 52.8 Å². The highest BCUT2D eigenvalue weighted by molar-refractivity contribution is 5.88. The molecule has 1 amide bonds. The molecule has 0 aromatic heterocycles. The standard InChI is InChI=1S/C23H30N4O2/c1-3-24-22(27-12-6-11-23(16-27)13-21(28)26-15-23)25-14-19-18-8-5-4-7-17(18)9-10-20(19)29-2/h4-5,7-10H,3,6,11-16H2,1-2H3,(H,24,25)(H,26,28). The zero-order chi connectivity index (χ0) is 20.3. The van der Waals surface area contributed by atoms with Gasteiger partial charge in [0.2, 0.25) is 5.91 Å². The van der Waals surface area contributed by atoms with Crippen molar-refractivity contribution >= 4 is 22.6 Å². The molecule has 4 rings (SSSR count). The summed E-state index contributed by atoms with van der Waals surface area (Å²) >= 11 is 0. The quantitative estimate of drug-likeness (QED) is 0.618. The van der Waals surface area contributed by atoms with Crippen molar-refractivity contribution in [2.24, 2.45) is 10.4 Å². The van der Waals surface area contributed by atoms with Crippen LogP contribution >= 0.6 is 0 Å². The third-order valence-electron chi connectivity index (χ3n) is 6.10. The Bertz CT molecular complexity index is 926. The molecule has 2 aromatic rings. The summed E-state index contributed by atoms with van der Waals surface area (Å²) in [4.78, 5) is 19.1. The number of amides is 1. The van der Waals surface area contributed by atoms with Crippen molar-refractivity contribution in [2.45, 2.75) is 32.7 Å². The lowest BCUT2D eigenvalue weighted by Crippen LogP contribution is -2.51. The summed E-state index contributed by atoms with van der Waals surface area (Å²) in [6.07, 6.45) is 2.80. The van der Waals surface area contributed by atoms with E-state index in [9.17, 15) is 4.79 Å². The maximum absolute atomic E-state index is 11.8. The van der Waals surface area contributed by atoms with Crippen molar-refractivity contribution < 1.29 is 9.53 Å². The number of nitrogens with zero attached hydrogens (tertiary/aromatic N) is 2. The minimum absolute atomic E-state index is 0.0443. The van der Waals surface area contributed by atoms with Crippen molar-refractivity contribution in [2.75, 3.05) is 33.3 Å². The first-order chi connectivity index (χ1) is 14.1. The summed E-state index contributed by atoms with van der Waals surface area (Å²) in [5.41, 5.74) is 1.15. The van der Waals surface area contributed by atoms with Crippen LogP contribution in [0.4, 0.5) is 0 Å². The SMILES string of the molecule is CCNC(=NCc1c(OC)ccc2ccccc12)N1CCCC2(CNC(=O)C2)C1. The van der Waals surface area contributed by atoms with E-state index in [0.717, 1.165) is 56.3 Å². The molecule has 0 radical (unpaired) electrons. The topological polar surface area (TPSA) is 66.0 Å². The van der Waals surface area contributed by atoms with E-state index in [0.29, 0.717) is 13.0 Å². The molecular formula is C23H30N4O2. The first-order valence-electron chi connectivity index (χ1n) is 10.5. The molecule has 2 aromatic carbocycles. The number of fused-ring (bicyclic) bond motifs is 1. The lowest BCUT2D eigenvalue weighted by molar-refractivity contribution is -0.119. The molecule has 0 saturated carbocycles. The number of piperidine rings is 1. The molecule has 1 atom stereocenters. The number of ether oxygens (including phenoxy) is 1. The summed E-state index contributed by atoms with van der Waals surface area (Å²) < 4.78 is 5.63. The lowest BCUT2D eigenvalue weighted by Gasteiger charge is -2.40. The van der Waals surface area contributed by atoms with Crippen molar-refractivity contribution in [3.05, 3.63) is 42.0 Å². The van der Waals surface area contributed by atoms with Crippen LogP contribution in [0.5, 0.6) is 5.75 Å². The molecule has 0 bridgehead atoms. The Kier molecular flexibility index (Phi) is 5.60. The van der Waals surface area contributed by atoms with E-state index in [1.165, 1.54) is 10.8 Å². The van der Waals surface area contributed by atoms with Gasteiger partial charge >= 0.3 is 0 Å². The van der Waals surface area contributed by atoms with Gasteiger partial charge in [0.25, 0.3) is 0 Å². The van der Waals surface area contributed by atoms with E-state index >= 15 is 0 Å². The number of benzene rings is 2. The first kappa shape index (κ1) is 19.6. The largest absolute Gasteiger partial charge is 0.496 e. The number of aliphatic imine (C=N–C) groups is 1. The minimum atomic E-state index is 0.0443. The molecule has 2 N–H and O–H groups in total. The van der Waals surface area contributed by atoms with Crippen LogP contribution in [0.3, 0.4) is 0 Å². The van der Waals surface area contributed by atoms with E-state index in [1.54, 1.807) is 7.11 Å². The Morgan fingerprint density at radius 3 is 2.93 bits per heavy atom. The number of nitrogens with one attached hydrogen (secondary N) is 2. The van der Waals surface area contributed by atoms with Gasteiger partial charge in [-0.3, -0.25) is 4.79 Å². The number of rotatable bonds is 4. The highest BCUT2D eigenvalue weighted by atomic mass is 16.5. The van der Waals surface area contributed by atoms with Crippen LogP contribution in [-0.2, 0) is 11.3 Å². The number of likely N-dealkylation sites (tertiary alicyclic amines) is 1. The number of hydrogen-bond acceptors (Lipinski definition) is 3. The first-order valence-corrected chi connectivity index (χ1v) is 10.5. The maximum atomic E-state index is 11.8. The molecule has 29 heavy (non-hydrogen) atoms. The number of carbonyl (C=O) groups is 1. The molecule has 2 fully saturated rings. The van der Waals surface area contributed by atoms with Crippen molar-refractivity contribution in [3.8, 4) is 5.75 Å². The molecule has 2 heterocycles. The molecule has 2 saturated heterocycles. The van der Waals surface area contributed by atoms with Gasteiger partial charge in [-0.1, -0.05) is 30.3 Å². The van der Waals surface area contributed by atoms with Crippen molar-refractivity contribution in [3.63, 3.8) is 0 Å². The molecule has 2 aliphatic rings. The molecule has 6 heteroatoms. The normalized spacial score (nSPS) is 22.2. The fourth-order valence-corrected chi connectivity index (χ4v) is 4.68. The average molecular weight is 395 g/mol. The van der Waals surface area contributed by atoms with E-state index in [4.69, 9.17) is 9.73 Å². The van der Waals surface area contributed by atoms with Crippen LogP contribution in [0, 0.1) is 5.41 Å². The predicted molar refractivity (Wildman–Crippen MR) is 116 cm³/mol. The van der Waals surface area contributed by atoms with Crippen LogP contribution in [0.15, 0.2) is 41.4 Å². The number of methoxy groups -OCH3 is 1. The van der Waals surface area contributed by atoms with Crippen molar-refractivity contribution in [1.29, 1.82) is 0 Å². The van der Waals surface area contributed by atoms with Gasteiger partial charge in [0.15, 0.2) is 5.96 Å². The molecule has 0 aliphatic carbocycles. The van der Waals surface area contributed by atoms with Crippen LogP contribution < -0.4 is 15.4 Å². The van der Waals surface area contributed by atoms with E-state index < -0.39 is 0 Å². The Morgan fingerprint density at radius 2 is 2.17 bits per heavy atom. The van der Waals surface area contributed by atoms with Crippen LogP contribution in [0.2, 0.25) is 0 Å². The van der Waals surface area contributed by atoms with Crippen LogP contribution in [0.25, 0.3) is 10.8 Å². The summed E-state index contributed by atoms with van der Waals surface area (Å²) in [6, 6.07) is 12.5. The van der Waals surface area contributed by atoms with Crippen molar-refractivity contribution in [1.82, 2.24) is 15.5 Å². The van der Waals surface area contributed by atoms with Gasteiger partial charge in [-0.2, -0.15) is 0 Å². The Balaban J connectivity index is 1.61. The fraction of sp³-hybridized carbons (Fsp3) is 0.478. The fourth-order valence-electron chi connectivity index (χ4n) is 4.68. The van der Waals surface area contributed by atoms with Gasteiger partial charge in [0, 0.05) is 43.6 Å². The van der Waals surface area contributed by atoms with Gasteiger partial charge in [-0.25, -0.2) is 4.99 Å². The second-order valence-corrected chi connectivity index (χ2v) is 8.12. The third-order valence-corrected chi connectivity index (χ3v) is 6.10. The lowest BCUT2D eigenvalue weighted by atomic mass is 9.79. The molecule has 2 aliphatic heterocycles. The predicted octanol–water partition coefficient (Wildman–Crippen LogP) is 2.92. The van der Waals surface area contributed by atoms with Gasteiger partial charge in [-0.15, -0.1) is 0 Å². The molecule has 1 spiro atoms. The zero-order valence-corrected chi connectivity index (χ0v) is 17.3.